The quantitative estimate of drug-likeness (QED) is 0.380. The van der Waals surface area contributed by atoms with Gasteiger partial charge in [0, 0.05) is 37.0 Å². The average molecular weight is 538 g/mol. The molecular formula is C30H27N5O5. The Morgan fingerprint density at radius 1 is 0.925 bits per heavy atom. The Kier molecular flexibility index (Phi) is 6.51. The van der Waals surface area contributed by atoms with Crippen molar-refractivity contribution in [3.05, 3.63) is 89.1 Å². The highest BCUT2D eigenvalue weighted by Gasteiger charge is 2.34. The van der Waals surface area contributed by atoms with Gasteiger partial charge in [-0.15, -0.1) is 0 Å². The molecule has 6 rings (SSSR count). The molecule has 0 radical (unpaired) electrons. The number of aromatic nitrogens is 2. The summed E-state index contributed by atoms with van der Waals surface area (Å²) in [5.74, 6) is -0.486. The Balaban J connectivity index is 1.36. The Morgan fingerprint density at radius 2 is 1.65 bits per heavy atom. The summed E-state index contributed by atoms with van der Waals surface area (Å²) >= 11 is 0. The van der Waals surface area contributed by atoms with Gasteiger partial charge in [0.15, 0.2) is 6.23 Å². The summed E-state index contributed by atoms with van der Waals surface area (Å²) in [6.07, 6.45) is -0.292. The maximum atomic E-state index is 13.7. The number of methoxy groups -OCH3 is 1. The van der Waals surface area contributed by atoms with E-state index in [4.69, 9.17) is 10.5 Å². The van der Waals surface area contributed by atoms with Crippen molar-refractivity contribution < 1.29 is 23.9 Å². The van der Waals surface area contributed by atoms with Crippen molar-refractivity contribution in [2.45, 2.75) is 32.2 Å². The van der Waals surface area contributed by atoms with Crippen LogP contribution in [0, 0.1) is 0 Å². The van der Waals surface area contributed by atoms with Crippen LogP contribution >= 0.6 is 0 Å². The third kappa shape index (κ3) is 4.57. The largest absolute Gasteiger partial charge is 0.509 e. The van der Waals surface area contributed by atoms with Crippen molar-refractivity contribution >= 4 is 34.8 Å². The number of nitrogen functional groups attached to an aromatic ring is 1. The van der Waals surface area contributed by atoms with Crippen LogP contribution in [0.5, 0.6) is 0 Å². The summed E-state index contributed by atoms with van der Waals surface area (Å²) in [7, 11) is 1.23. The van der Waals surface area contributed by atoms with Crippen molar-refractivity contribution in [2.75, 3.05) is 19.4 Å². The summed E-state index contributed by atoms with van der Waals surface area (Å²) in [4.78, 5) is 51.1. The molecule has 1 atom stereocenters. The predicted octanol–water partition coefficient (Wildman–Crippen LogP) is 4.38. The van der Waals surface area contributed by atoms with Gasteiger partial charge in [-0.05, 0) is 46.9 Å². The number of carbonyl (C=O) groups is 3. The van der Waals surface area contributed by atoms with Gasteiger partial charge >= 0.3 is 6.16 Å². The predicted molar refractivity (Wildman–Crippen MR) is 147 cm³/mol. The van der Waals surface area contributed by atoms with Crippen LogP contribution in [0.4, 0.5) is 10.7 Å². The average Bonchev–Trinajstić information content (AvgIpc) is 3.63. The third-order valence-electron chi connectivity index (χ3n) is 7.37. The monoisotopic (exact) mass is 537 g/mol. The molecule has 10 heteroatoms. The van der Waals surface area contributed by atoms with E-state index in [1.54, 1.807) is 28.0 Å². The number of likely N-dealkylation sites (tertiary alicyclic amines) is 1. The van der Waals surface area contributed by atoms with Crippen LogP contribution in [0.3, 0.4) is 0 Å². The number of anilines is 1. The fraction of sp³-hybridized carbons (Fsp3) is 0.233. The number of ether oxygens (including phenoxy) is 2. The number of nitrogens with zero attached hydrogens (tertiary/aromatic N) is 4. The van der Waals surface area contributed by atoms with Crippen LogP contribution in [0.15, 0.2) is 66.7 Å². The number of nitrogens with two attached hydrogens (primary N) is 1. The van der Waals surface area contributed by atoms with Crippen LogP contribution in [0.2, 0.25) is 0 Å². The van der Waals surface area contributed by atoms with E-state index < -0.39 is 12.4 Å². The van der Waals surface area contributed by atoms with E-state index >= 15 is 0 Å². The van der Waals surface area contributed by atoms with E-state index in [1.165, 1.54) is 7.11 Å². The molecule has 3 aromatic carbocycles. The van der Waals surface area contributed by atoms with Crippen LogP contribution in [-0.4, -0.2) is 57.6 Å². The van der Waals surface area contributed by atoms with Gasteiger partial charge in [-0.3, -0.25) is 9.59 Å². The second-order valence-corrected chi connectivity index (χ2v) is 9.81. The highest BCUT2D eigenvalue weighted by Crippen LogP contribution is 2.32. The van der Waals surface area contributed by atoms with Gasteiger partial charge in [0.25, 0.3) is 11.8 Å². The zero-order valence-electron chi connectivity index (χ0n) is 21.9. The molecule has 202 valence electrons. The van der Waals surface area contributed by atoms with Crippen LogP contribution in [0.1, 0.15) is 44.8 Å². The first-order valence-electron chi connectivity index (χ1n) is 13.0. The minimum atomic E-state index is -0.829. The van der Waals surface area contributed by atoms with Gasteiger partial charge < -0.3 is 25.0 Å². The molecule has 0 bridgehead atoms. The molecule has 1 fully saturated rings. The Bertz CT molecular complexity index is 1630. The molecule has 40 heavy (non-hydrogen) atoms. The molecule has 0 saturated carbocycles. The fourth-order valence-electron chi connectivity index (χ4n) is 5.43. The number of hydrogen-bond donors (Lipinski definition) is 1. The zero-order chi connectivity index (χ0) is 27.8. The van der Waals surface area contributed by atoms with Crippen molar-refractivity contribution in [1.29, 1.82) is 0 Å². The maximum Gasteiger partial charge on any atom is 0.509 e. The van der Waals surface area contributed by atoms with Crippen LogP contribution in [-0.2, 0) is 22.6 Å². The normalized spacial score (nSPS) is 16.2. The van der Waals surface area contributed by atoms with Crippen LogP contribution in [0.25, 0.3) is 22.0 Å². The molecule has 4 aromatic rings. The van der Waals surface area contributed by atoms with E-state index in [1.807, 2.05) is 48.5 Å². The second kappa shape index (κ2) is 10.3. The number of hydrogen-bond acceptors (Lipinski definition) is 8. The van der Waals surface area contributed by atoms with Gasteiger partial charge in [-0.1, -0.05) is 48.5 Å². The second-order valence-electron chi connectivity index (χ2n) is 9.81. The molecule has 10 nitrogen and oxygen atoms in total. The number of rotatable bonds is 4. The molecule has 2 aliphatic rings. The smallest absolute Gasteiger partial charge is 0.438 e. The molecular weight excluding hydrogens is 510 g/mol. The molecule has 0 aliphatic carbocycles. The Morgan fingerprint density at radius 3 is 2.40 bits per heavy atom. The number of fused-ring (bicyclic) bond motifs is 2. The highest BCUT2D eigenvalue weighted by molar-refractivity contribution is 6.07. The minimum Gasteiger partial charge on any atom is -0.438 e. The molecule has 2 amide bonds. The van der Waals surface area contributed by atoms with Crippen molar-refractivity contribution in [2.24, 2.45) is 0 Å². The molecule has 3 heterocycles. The van der Waals surface area contributed by atoms with Crippen molar-refractivity contribution in [3.63, 3.8) is 0 Å². The lowest BCUT2D eigenvalue weighted by atomic mass is 9.97. The minimum absolute atomic E-state index is 0.0153. The summed E-state index contributed by atoms with van der Waals surface area (Å²) < 4.78 is 9.94. The van der Waals surface area contributed by atoms with Crippen LogP contribution < -0.4 is 5.73 Å². The Hall–Kier alpha value is -4.99. The lowest BCUT2D eigenvalue weighted by molar-refractivity contribution is -0.0145. The molecule has 0 spiro atoms. The molecule has 1 aromatic heterocycles. The SMILES string of the molecule is COC(=O)OC1CCCN1C(=O)c1ccccc1-c1ccc2nc(N)nc(C(=O)N3Cc4ccccc4C3)c2c1. The van der Waals surface area contributed by atoms with E-state index in [2.05, 4.69) is 14.7 Å². The first-order valence-corrected chi connectivity index (χ1v) is 13.0. The fourth-order valence-corrected chi connectivity index (χ4v) is 5.43. The van der Waals surface area contributed by atoms with E-state index in [0.29, 0.717) is 60.1 Å². The van der Waals surface area contributed by atoms with Gasteiger partial charge in [0.2, 0.25) is 5.95 Å². The summed E-state index contributed by atoms with van der Waals surface area (Å²) in [6, 6.07) is 20.6. The van der Waals surface area contributed by atoms with Gasteiger partial charge in [0.05, 0.1) is 12.6 Å². The zero-order valence-corrected chi connectivity index (χ0v) is 21.9. The number of amides is 2. The Labute approximate surface area is 230 Å². The summed E-state index contributed by atoms with van der Waals surface area (Å²) in [6.45, 7) is 1.43. The maximum absolute atomic E-state index is 13.7. The summed E-state index contributed by atoms with van der Waals surface area (Å²) in [5.41, 5.74) is 10.8. The standard InChI is InChI=1S/C30H27N5O5/c1-39-30(38)40-25-11-6-14-35(25)27(36)22-10-5-4-9-21(22)18-12-13-24-23(15-18)26(33-29(31)32-24)28(37)34-16-19-7-2-3-8-20(19)17-34/h2-5,7-10,12-13,15,25H,6,11,14,16-17H2,1H3,(H2,31,32,33). The number of carbonyl (C=O) groups excluding carboxylic acids is 3. The third-order valence-corrected chi connectivity index (χ3v) is 7.37. The lowest BCUT2D eigenvalue weighted by Crippen LogP contribution is -2.38. The van der Waals surface area contributed by atoms with E-state index in [0.717, 1.165) is 11.1 Å². The first-order chi connectivity index (χ1) is 19.4. The lowest BCUT2D eigenvalue weighted by Gasteiger charge is -2.25. The van der Waals surface area contributed by atoms with Crippen molar-refractivity contribution in [1.82, 2.24) is 19.8 Å². The van der Waals surface area contributed by atoms with E-state index in [9.17, 15) is 14.4 Å². The van der Waals surface area contributed by atoms with Gasteiger partial charge in [-0.25, -0.2) is 14.8 Å². The molecule has 1 saturated heterocycles. The molecule has 1 unspecified atom stereocenters. The van der Waals surface area contributed by atoms with E-state index in [-0.39, 0.29) is 23.5 Å². The first kappa shape index (κ1) is 25.3. The van der Waals surface area contributed by atoms with Gasteiger partial charge in [-0.2, -0.15) is 0 Å². The molecule has 2 N–H and O–H groups in total. The van der Waals surface area contributed by atoms with Gasteiger partial charge in [0.1, 0.15) is 5.69 Å². The van der Waals surface area contributed by atoms with Crippen molar-refractivity contribution in [3.8, 4) is 11.1 Å². The molecule has 2 aliphatic heterocycles. The highest BCUT2D eigenvalue weighted by atomic mass is 16.7. The topological polar surface area (TPSA) is 128 Å². The number of benzene rings is 3. The summed E-state index contributed by atoms with van der Waals surface area (Å²) in [5, 5.41) is 0.544.